The molecule has 5 nitrogen and oxygen atoms in total. The first-order valence-corrected chi connectivity index (χ1v) is 7.55. The highest BCUT2D eigenvalue weighted by Gasteiger charge is 2.14. The van der Waals surface area contributed by atoms with Gasteiger partial charge in [-0.3, -0.25) is 4.79 Å². The maximum Gasteiger partial charge on any atom is 0.349 e. The highest BCUT2D eigenvalue weighted by atomic mass is 79.9. The minimum absolute atomic E-state index is 0.0570. The number of benzene rings is 2. The maximum atomic E-state index is 12.3. The van der Waals surface area contributed by atoms with E-state index in [1.165, 1.54) is 13.2 Å². The normalized spacial score (nSPS) is 10.5. The summed E-state index contributed by atoms with van der Waals surface area (Å²) in [5.41, 5.74) is 0.220. The van der Waals surface area contributed by atoms with Gasteiger partial charge >= 0.3 is 5.63 Å². The number of hydrogen-bond donors (Lipinski definition) is 1. The van der Waals surface area contributed by atoms with Gasteiger partial charge in [-0.2, -0.15) is 0 Å². The Morgan fingerprint density at radius 2 is 2.00 bits per heavy atom. The first-order chi connectivity index (χ1) is 11.1. The van der Waals surface area contributed by atoms with Crippen LogP contribution in [0, 0.1) is 0 Å². The second kappa shape index (κ2) is 6.26. The van der Waals surface area contributed by atoms with E-state index in [9.17, 15) is 9.59 Å². The lowest BCUT2D eigenvalue weighted by molar-refractivity contribution is 0.102. The van der Waals surface area contributed by atoms with Crippen LogP contribution in [0.2, 0.25) is 0 Å². The van der Waals surface area contributed by atoms with Crippen molar-refractivity contribution in [3.8, 4) is 5.75 Å². The Balaban J connectivity index is 1.96. The largest absolute Gasteiger partial charge is 0.497 e. The molecule has 0 spiro atoms. The van der Waals surface area contributed by atoms with E-state index in [1.54, 1.807) is 42.5 Å². The van der Waals surface area contributed by atoms with Gasteiger partial charge in [-0.15, -0.1) is 0 Å². The number of fused-ring (bicyclic) bond motifs is 1. The Bertz CT molecular complexity index is 949. The van der Waals surface area contributed by atoms with Gasteiger partial charge < -0.3 is 14.5 Å². The van der Waals surface area contributed by atoms with E-state index in [0.29, 0.717) is 22.4 Å². The molecule has 0 radical (unpaired) electrons. The van der Waals surface area contributed by atoms with Crippen LogP contribution in [0.5, 0.6) is 5.75 Å². The Hall–Kier alpha value is -2.60. The van der Waals surface area contributed by atoms with Crippen LogP contribution in [-0.4, -0.2) is 13.0 Å². The number of anilines is 1. The molecule has 116 valence electrons. The summed E-state index contributed by atoms with van der Waals surface area (Å²) in [6, 6.07) is 13.6. The Morgan fingerprint density at radius 3 is 2.78 bits per heavy atom. The van der Waals surface area contributed by atoms with E-state index in [2.05, 4.69) is 21.2 Å². The van der Waals surface area contributed by atoms with Crippen LogP contribution in [0.15, 0.2) is 62.2 Å². The van der Waals surface area contributed by atoms with E-state index < -0.39 is 11.5 Å². The fraction of sp³-hybridized carbons (Fsp3) is 0.0588. The lowest BCUT2D eigenvalue weighted by atomic mass is 10.1. The predicted octanol–water partition coefficient (Wildman–Crippen LogP) is 3.82. The van der Waals surface area contributed by atoms with Gasteiger partial charge in [-0.05, 0) is 36.4 Å². The number of ether oxygens (including phenoxy) is 1. The molecule has 1 N–H and O–H groups in total. The maximum absolute atomic E-state index is 12.3. The zero-order valence-corrected chi connectivity index (χ0v) is 13.7. The highest BCUT2D eigenvalue weighted by Crippen LogP contribution is 2.20. The van der Waals surface area contributed by atoms with Crippen molar-refractivity contribution in [1.82, 2.24) is 0 Å². The molecule has 3 aromatic rings. The number of hydrogen-bond acceptors (Lipinski definition) is 4. The first-order valence-electron chi connectivity index (χ1n) is 6.75. The van der Waals surface area contributed by atoms with Crippen molar-refractivity contribution >= 4 is 38.5 Å². The molecular formula is C17H12BrNO4. The summed E-state index contributed by atoms with van der Waals surface area (Å²) >= 11 is 3.35. The number of carbonyl (C=O) groups is 1. The molecule has 0 fully saturated rings. The molecule has 3 rings (SSSR count). The molecule has 0 aliphatic rings. The second-order valence-electron chi connectivity index (χ2n) is 4.82. The molecule has 0 unspecified atom stereocenters. The first kappa shape index (κ1) is 15.3. The van der Waals surface area contributed by atoms with Gasteiger partial charge in [-0.1, -0.05) is 22.0 Å². The highest BCUT2D eigenvalue weighted by molar-refractivity contribution is 9.10. The van der Waals surface area contributed by atoms with Crippen LogP contribution in [0.4, 0.5) is 5.69 Å². The van der Waals surface area contributed by atoms with Gasteiger partial charge in [0.2, 0.25) is 0 Å². The topological polar surface area (TPSA) is 68.5 Å². The summed E-state index contributed by atoms with van der Waals surface area (Å²) in [5, 5.41) is 3.32. The van der Waals surface area contributed by atoms with Gasteiger partial charge in [0.05, 0.1) is 7.11 Å². The van der Waals surface area contributed by atoms with Crippen molar-refractivity contribution in [3.63, 3.8) is 0 Å². The van der Waals surface area contributed by atoms with Gasteiger partial charge in [0.1, 0.15) is 16.9 Å². The molecule has 0 atom stereocenters. The molecule has 2 aromatic carbocycles. The molecular weight excluding hydrogens is 362 g/mol. The van der Waals surface area contributed by atoms with Gasteiger partial charge in [-0.25, -0.2) is 4.79 Å². The molecule has 0 aliphatic carbocycles. The quantitative estimate of drug-likeness (QED) is 0.708. The van der Waals surface area contributed by atoms with Crippen molar-refractivity contribution in [2.24, 2.45) is 0 Å². The average molecular weight is 374 g/mol. The molecule has 0 aliphatic heterocycles. The summed E-state index contributed by atoms with van der Waals surface area (Å²) in [6.45, 7) is 0. The average Bonchev–Trinajstić information content (AvgIpc) is 2.54. The van der Waals surface area contributed by atoms with Crippen LogP contribution in [0.3, 0.4) is 0 Å². The molecule has 1 amide bonds. The van der Waals surface area contributed by atoms with Gasteiger partial charge in [0.25, 0.3) is 5.91 Å². The van der Waals surface area contributed by atoms with Crippen LogP contribution in [0.1, 0.15) is 10.4 Å². The standard InChI is InChI=1S/C17H12BrNO4/c1-22-13-4-2-3-12(9-13)19-16(20)14-8-10-7-11(18)5-6-15(10)23-17(14)21/h2-9H,1H3,(H,19,20). The summed E-state index contributed by atoms with van der Waals surface area (Å²) in [7, 11) is 1.54. The SMILES string of the molecule is COc1cccc(NC(=O)c2cc3cc(Br)ccc3oc2=O)c1. The van der Waals surface area contributed by atoms with Gasteiger partial charge in [0.15, 0.2) is 0 Å². The lowest BCUT2D eigenvalue weighted by Gasteiger charge is -2.07. The van der Waals surface area contributed by atoms with E-state index in [0.717, 1.165) is 4.47 Å². The van der Waals surface area contributed by atoms with E-state index in [4.69, 9.17) is 9.15 Å². The van der Waals surface area contributed by atoms with Gasteiger partial charge in [0, 0.05) is 21.6 Å². The monoisotopic (exact) mass is 373 g/mol. The molecule has 6 heteroatoms. The molecule has 23 heavy (non-hydrogen) atoms. The predicted molar refractivity (Wildman–Crippen MR) is 91.1 cm³/mol. The number of halogens is 1. The van der Waals surface area contributed by atoms with Crippen LogP contribution in [0.25, 0.3) is 11.0 Å². The third kappa shape index (κ3) is 3.27. The Morgan fingerprint density at radius 1 is 1.17 bits per heavy atom. The number of nitrogens with one attached hydrogen (secondary N) is 1. The third-order valence-corrected chi connectivity index (χ3v) is 3.76. The summed E-state index contributed by atoms with van der Waals surface area (Å²) in [5.74, 6) is 0.0751. The van der Waals surface area contributed by atoms with Crippen molar-refractivity contribution in [2.75, 3.05) is 12.4 Å². The summed E-state index contributed by atoms with van der Waals surface area (Å²) in [4.78, 5) is 24.3. The summed E-state index contributed by atoms with van der Waals surface area (Å²) in [6.07, 6.45) is 0. The molecule has 0 saturated heterocycles. The molecule has 1 heterocycles. The van der Waals surface area contributed by atoms with Crippen molar-refractivity contribution in [3.05, 3.63) is 69.0 Å². The zero-order valence-electron chi connectivity index (χ0n) is 12.1. The van der Waals surface area contributed by atoms with E-state index >= 15 is 0 Å². The minimum Gasteiger partial charge on any atom is -0.497 e. The van der Waals surface area contributed by atoms with Crippen molar-refractivity contribution < 1.29 is 13.9 Å². The Labute approximate surface area is 140 Å². The number of rotatable bonds is 3. The molecule has 0 bridgehead atoms. The second-order valence-corrected chi connectivity index (χ2v) is 5.73. The fourth-order valence-electron chi connectivity index (χ4n) is 2.15. The minimum atomic E-state index is -0.680. The third-order valence-electron chi connectivity index (χ3n) is 3.27. The van der Waals surface area contributed by atoms with Crippen LogP contribution < -0.4 is 15.7 Å². The van der Waals surface area contributed by atoms with E-state index in [-0.39, 0.29) is 5.56 Å². The molecule has 1 aromatic heterocycles. The molecule has 0 saturated carbocycles. The fourth-order valence-corrected chi connectivity index (χ4v) is 2.53. The lowest BCUT2D eigenvalue weighted by Crippen LogP contribution is -2.20. The Kier molecular flexibility index (Phi) is 4.16. The number of amides is 1. The van der Waals surface area contributed by atoms with Crippen LogP contribution in [-0.2, 0) is 0 Å². The summed E-state index contributed by atoms with van der Waals surface area (Å²) < 4.78 is 11.1. The number of methoxy groups -OCH3 is 1. The van der Waals surface area contributed by atoms with Crippen molar-refractivity contribution in [2.45, 2.75) is 0 Å². The van der Waals surface area contributed by atoms with E-state index in [1.807, 2.05) is 0 Å². The van der Waals surface area contributed by atoms with Crippen LogP contribution >= 0.6 is 15.9 Å². The number of carbonyl (C=O) groups excluding carboxylic acids is 1. The zero-order chi connectivity index (χ0) is 16.4. The smallest absolute Gasteiger partial charge is 0.349 e. The van der Waals surface area contributed by atoms with Crippen molar-refractivity contribution in [1.29, 1.82) is 0 Å².